The smallest absolute Gasteiger partial charge is 0.243 e. The van der Waals surface area contributed by atoms with Crippen LogP contribution in [0.5, 0.6) is 0 Å². The molecular formula is C12H18BrNO4S. The van der Waals surface area contributed by atoms with Crippen LogP contribution in [-0.2, 0) is 21.4 Å². The zero-order valence-corrected chi connectivity index (χ0v) is 13.4. The average Bonchev–Trinajstić information content (AvgIpc) is 2.38. The highest BCUT2D eigenvalue weighted by Crippen LogP contribution is 2.25. The van der Waals surface area contributed by atoms with Crippen LogP contribution >= 0.6 is 15.9 Å². The zero-order chi connectivity index (χ0) is 14.5. The van der Waals surface area contributed by atoms with Gasteiger partial charge in [0.2, 0.25) is 10.0 Å². The Bertz CT molecular complexity index is 518. The summed E-state index contributed by atoms with van der Waals surface area (Å²) in [6, 6.07) is 4.70. The van der Waals surface area contributed by atoms with E-state index in [1.165, 1.54) is 17.4 Å². The van der Waals surface area contributed by atoms with Crippen LogP contribution in [0.3, 0.4) is 0 Å². The first kappa shape index (κ1) is 16.6. The van der Waals surface area contributed by atoms with Crippen molar-refractivity contribution < 1.29 is 18.3 Å². The monoisotopic (exact) mass is 351 g/mol. The standard InChI is InChI=1S/C12H18BrNO4S/c1-14(6-3-7-18-2)19(16,17)12-5-4-10(9-15)8-11(12)13/h4-5,8,15H,3,6-7,9H2,1-2H3. The van der Waals surface area contributed by atoms with Gasteiger partial charge in [0.05, 0.1) is 11.5 Å². The van der Waals surface area contributed by atoms with Gasteiger partial charge in [-0.3, -0.25) is 0 Å². The Morgan fingerprint density at radius 2 is 2.11 bits per heavy atom. The van der Waals surface area contributed by atoms with Gasteiger partial charge >= 0.3 is 0 Å². The van der Waals surface area contributed by atoms with Crippen LogP contribution in [0.25, 0.3) is 0 Å². The molecule has 0 fully saturated rings. The van der Waals surface area contributed by atoms with Gasteiger partial charge in [-0.2, -0.15) is 0 Å². The molecular weight excluding hydrogens is 334 g/mol. The lowest BCUT2D eigenvalue weighted by Crippen LogP contribution is -2.28. The Hall–Kier alpha value is -0.470. The van der Waals surface area contributed by atoms with E-state index in [0.717, 1.165) is 0 Å². The van der Waals surface area contributed by atoms with Gasteiger partial charge in [0.1, 0.15) is 0 Å². The van der Waals surface area contributed by atoms with Gasteiger partial charge in [0.25, 0.3) is 0 Å². The van der Waals surface area contributed by atoms with Crippen LogP contribution in [0, 0.1) is 0 Å². The third kappa shape index (κ3) is 4.25. The molecule has 1 aromatic carbocycles. The van der Waals surface area contributed by atoms with E-state index >= 15 is 0 Å². The molecule has 0 aliphatic rings. The molecule has 19 heavy (non-hydrogen) atoms. The lowest BCUT2D eigenvalue weighted by atomic mass is 10.2. The highest BCUT2D eigenvalue weighted by atomic mass is 79.9. The first-order chi connectivity index (χ1) is 8.93. The largest absolute Gasteiger partial charge is 0.392 e. The number of nitrogens with zero attached hydrogens (tertiary/aromatic N) is 1. The molecule has 0 saturated heterocycles. The minimum absolute atomic E-state index is 0.122. The van der Waals surface area contributed by atoms with Crippen LogP contribution in [0.15, 0.2) is 27.6 Å². The summed E-state index contributed by atoms with van der Waals surface area (Å²) < 4.78 is 31.3. The molecule has 7 heteroatoms. The van der Waals surface area contributed by atoms with Gasteiger partial charge in [0.15, 0.2) is 0 Å². The van der Waals surface area contributed by atoms with Crippen LogP contribution in [-0.4, -0.2) is 45.1 Å². The second-order valence-corrected chi connectivity index (χ2v) is 6.96. The second kappa shape index (κ2) is 7.35. The van der Waals surface area contributed by atoms with E-state index in [2.05, 4.69) is 15.9 Å². The number of aliphatic hydroxyl groups is 1. The highest BCUT2D eigenvalue weighted by Gasteiger charge is 2.23. The Labute approximate surface area is 122 Å². The van der Waals surface area contributed by atoms with Crippen molar-refractivity contribution in [3.63, 3.8) is 0 Å². The molecule has 0 aliphatic carbocycles. The molecule has 0 heterocycles. The SMILES string of the molecule is COCCCN(C)S(=O)(=O)c1ccc(CO)cc1Br. The molecule has 0 radical (unpaired) electrons. The molecule has 5 nitrogen and oxygen atoms in total. The van der Waals surface area contributed by atoms with E-state index in [-0.39, 0.29) is 11.5 Å². The lowest BCUT2D eigenvalue weighted by Gasteiger charge is -2.18. The molecule has 0 unspecified atom stereocenters. The Morgan fingerprint density at radius 3 is 2.63 bits per heavy atom. The lowest BCUT2D eigenvalue weighted by molar-refractivity contribution is 0.189. The summed E-state index contributed by atoms with van der Waals surface area (Å²) in [5.41, 5.74) is 0.660. The number of ether oxygens (including phenoxy) is 1. The maximum Gasteiger partial charge on any atom is 0.243 e. The maximum atomic E-state index is 12.3. The van der Waals surface area contributed by atoms with Crippen molar-refractivity contribution >= 4 is 26.0 Å². The minimum atomic E-state index is -3.53. The van der Waals surface area contributed by atoms with E-state index in [0.29, 0.717) is 29.6 Å². The topological polar surface area (TPSA) is 66.8 Å². The minimum Gasteiger partial charge on any atom is -0.392 e. The molecule has 0 amide bonds. The number of sulfonamides is 1. The summed E-state index contributed by atoms with van der Waals surface area (Å²) in [6.45, 7) is 0.789. The Kier molecular flexibility index (Phi) is 6.41. The molecule has 0 aromatic heterocycles. The Balaban J connectivity index is 2.93. The molecule has 1 aromatic rings. The summed E-state index contributed by atoms with van der Waals surface area (Å²) in [4.78, 5) is 0.199. The molecule has 0 spiro atoms. The van der Waals surface area contributed by atoms with Crippen molar-refractivity contribution in [3.8, 4) is 0 Å². The molecule has 1 rings (SSSR count). The number of aliphatic hydroxyl groups excluding tert-OH is 1. The number of rotatable bonds is 7. The average molecular weight is 352 g/mol. The van der Waals surface area contributed by atoms with Gasteiger partial charge in [0, 0.05) is 31.8 Å². The number of benzene rings is 1. The quantitative estimate of drug-likeness (QED) is 0.757. The van der Waals surface area contributed by atoms with Crippen molar-refractivity contribution in [1.29, 1.82) is 0 Å². The van der Waals surface area contributed by atoms with Gasteiger partial charge in [-0.25, -0.2) is 12.7 Å². The van der Waals surface area contributed by atoms with Gasteiger partial charge < -0.3 is 9.84 Å². The van der Waals surface area contributed by atoms with Gasteiger partial charge in [-0.1, -0.05) is 6.07 Å². The van der Waals surface area contributed by atoms with E-state index in [4.69, 9.17) is 9.84 Å². The zero-order valence-electron chi connectivity index (χ0n) is 11.0. The van der Waals surface area contributed by atoms with E-state index in [1.54, 1.807) is 19.2 Å². The first-order valence-electron chi connectivity index (χ1n) is 5.78. The fourth-order valence-corrected chi connectivity index (χ4v) is 3.86. The van der Waals surface area contributed by atoms with Crippen molar-refractivity contribution in [2.75, 3.05) is 27.3 Å². The second-order valence-electron chi connectivity index (χ2n) is 4.10. The third-order valence-corrected chi connectivity index (χ3v) is 5.52. The van der Waals surface area contributed by atoms with Gasteiger partial charge in [-0.05, 0) is 40.0 Å². The fourth-order valence-electron chi connectivity index (χ4n) is 1.57. The molecule has 108 valence electrons. The third-order valence-electron chi connectivity index (χ3n) is 2.69. The van der Waals surface area contributed by atoms with Crippen LogP contribution in [0.2, 0.25) is 0 Å². The normalized spacial score (nSPS) is 12.1. The van der Waals surface area contributed by atoms with Gasteiger partial charge in [-0.15, -0.1) is 0 Å². The fraction of sp³-hybridized carbons (Fsp3) is 0.500. The number of hydrogen-bond donors (Lipinski definition) is 1. The van der Waals surface area contributed by atoms with Crippen LogP contribution in [0.1, 0.15) is 12.0 Å². The summed E-state index contributed by atoms with van der Waals surface area (Å²) in [5.74, 6) is 0. The number of methoxy groups -OCH3 is 1. The molecule has 0 aliphatic heterocycles. The highest BCUT2D eigenvalue weighted by molar-refractivity contribution is 9.10. The predicted molar refractivity (Wildman–Crippen MR) is 76.4 cm³/mol. The molecule has 1 N–H and O–H groups in total. The Morgan fingerprint density at radius 1 is 1.42 bits per heavy atom. The number of hydrogen-bond acceptors (Lipinski definition) is 4. The van der Waals surface area contributed by atoms with Crippen LogP contribution in [0.4, 0.5) is 0 Å². The predicted octanol–water partition coefficient (Wildman–Crippen LogP) is 1.60. The van der Waals surface area contributed by atoms with E-state index in [1.807, 2.05) is 0 Å². The molecule has 0 bridgehead atoms. The maximum absolute atomic E-state index is 12.3. The first-order valence-corrected chi connectivity index (χ1v) is 8.01. The van der Waals surface area contributed by atoms with E-state index < -0.39 is 10.0 Å². The summed E-state index contributed by atoms with van der Waals surface area (Å²) in [7, 11) is -0.405. The summed E-state index contributed by atoms with van der Waals surface area (Å²) in [6.07, 6.45) is 0.637. The molecule has 0 atom stereocenters. The number of halogens is 1. The van der Waals surface area contributed by atoms with Crippen molar-refractivity contribution in [2.45, 2.75) is 17.9 Å². The summed E-state index contributed by atoms with van der Waals surface area (Å²) in [5, 5.41) is 9.01. The summed E-state index contributed by atoms with van der Waals surface area (Å²) >= 11 is 3.23. The van der Waals surface area contributed by atoms with Crippen molar-refractivity contribution in [2.24, 2.45) is 0 Å². The van der Waals surface area contributed by atoms with E-state index in [9.17, 15) is 8.42 Å². The van der Waals surface area contributed by atoms with Crippen molar-refractivity contribution in [1.82, 2.24) is 4.31 Å². The van der Waals surface area contributed by atoms with Crippen LogP contribution < -0.4 is 0 Å². The molecule has 0 saturated carbocycles. The van der Waals surface area contributed by atoms with Crippen molar-refractivity contribution in [3.05, 3.63) is 28.2 Å².